The number of thioether (sulfide) groups is 1. The Balaban J connectivity index is 2.23. The SMILES string of the molecule is CCC[C@@H]1SC[C@@H](C(=O)OCC(C)C)N1C(=O)c1ccccc1F. The van der Waals surface area contributed by atoms with Gasteiger partial charge in [-0.15, -0.1) is 11.8 Å². The summed E-state index contributed by atoms with van der Waals surface area (Å²) in [4.78, 5) is 26.8. The quantitative estimate of drug-likeness (QED) is 0.732. The van der Waals surface area contributed by atoms with E-state index >= 15 is 0 Å². The molecule has 2 atom stereocenters. The van der Waals surface area contributed by atoms with Gasteiger partial charge in [-0.3, -0.25) is 4.79 Å². The molecule has 0 saturated carbocycles. The van der Waals surface area contributed by atoms with Crippen molar-refractivity contribution in [1.82, 2.24) is 4.90 Å². The number of carbonyl (C=O) groups is 2. The van der Waals surface area contributed by atoms with Crippen molar-refractivity contribution < 1.29 is 18.7 Å². The molecule has 0 N–H and O–H groups in total. The minimum atomic E-state index is -0.655. The first-order valence-corrected chi connectivity index (χ1v) is 9.36. The predicted molar refractivity (Wildman–Crippen MR) is 93.3 cm³/mol. The van der Waals surface area contributed by atoms with Crippen molar-refractivity contribution in [3.8, 4) is 0 Å². The summed E-state index contributed by atoms with van der Waals surface area (Å²) >= 11 is 1.56. The number of esters is 1. The molecule has 1 fully saturated rings. The second-order valence-corrected chi connectivity index (χ2v) is 7.52. The Morgan fingerprint density at radius 1 is 1.38 bits per heavy atom. The van der Waals surface area contributed by atoms with E-state index in [1.165, 1.54) is 17.0 Å². The van der Waals surface area contributed by atoms with Gasteiger partial charge in [-0.05, 0) is 24.5 Å². The molecule has 6 heteroatoms. The van der Waals surface area contributed by atoms with Crippen LogP contribution in [0.2, 0.25) is 0 Å². The topological polar surface area (TPSA) is 46.6 Å². The van der Waals surface area contributed by atoms with Crippen LogP contribution in [0.25, 0.3) is 0 Å². The highest BCUT2D eigenvalue weighted by Crippen LogP contribution is 2.34. The fraction of sp³-hybridized carbons (Fsp3) is 0.556. The number of nitrogens with zero attached hydrogens (tertiary/aromatic N) is 1. The van der Waals surface area contributed by atoms with Crippen LogP contribution in [-0.4, -0.2) is 40.6 Å². The largest absolute Gasteiger partial charge is 0.464 e. The predicted octanol–water partition coefficient (Wildman–Crippen LogP) is 3.71. The summed E-state index contributed by atoms with van der Waals surface area (Å²) in [5, 5.41) is -0.126. The van der Waals surface area contributed by atoms with Gasteiger partial charge in [0.05, 0.1) is 17.5 Å². The van der Waals surface area contributed by atoms with Crippen molar-refractivity contribution in [2.24, 2.45) is 5.92 Å². The van der Waals surface area contributed by atoms with Gasteiger partial charge in [0.2, 0.25) is 0 Å². The van der Waals surface area contributed by atoms with Crippen LogP contribution in [0.5, 0.6) is 0 Å². The number of hydrogen-bond acceptors (Lipinski definition) is 4. The first-order valence-electron chi connectivity index (χ1n) is 8.31. The normalized spacial score (nSPS) is 20.5. The molecule has 0 spiro atoms. The fourth-order valence-corrected chi connectivity index (χ4v) is 4.11. The Morgan fingerprint density at radius 3 is 2.71 bits per heavy atom. The molecule has 1 amide bonds. The van der Waals surface area contributed by atoms with Crippen LogP contribution in [0.4, 0.5) is 4.39 Å². The number of halogens is 1. The van der Waals surface area contributed by atoms with E-state index in [9.17, 15) is 14.0 Å². The molecule has 132 valence electrons. The Bertz CT molecular complexity index is 593. The van der Waals surface area contributed by atoms with Crippen molar-refractivity contribution in [2.45, 2.75) is 45.0 Å². The zero-order valence-electron chi connectivity index (χ0n) is 14.3. The van der Waals surface area contributed by atoms with Gasteiger partial charge in [0.15, 0.2) is 0 Å². The molecule has 0 aromatic heterocycles. The van der Waals surface area contributed by atoms with Crippen LogP contribution >= 0.6 is 11.8 Å². The first kappa shape index (κ1) is 18.8. The van der Waals surface area contributed by atoms with Crippen LogP contribution in [-0.2, 0) is 9.53 Å². The molecule has 1 aromatic carbocycles. The highest BCUT2D eigenvalue weighted by Gasteiger charge is 2.42. The van der Waals surface area contributed by atoms with Gasteiger partial charge in [0.25, 0.3) is 5.91 Å². The Morgan fingerprint density at radius 2 is 2.08 bits per heavy atom. The lowest BCUT2D eigenvalue weighted by molar-refractivity contribution is -0.149. The smallest absolute Gasteiger partial charge is 0.329 e. The molecule has 1 aromatic rings. The molecule has 24 heavy (non-hydrogen) atoms. The number of benzene rings is 1. The molecule has 4 nitrogen and oxygen atoms in total. The monoisotopic (exact) mass is 353 g/mol. The Kier molecular flexibility index (Phi) is 6.66. The van der Waals surface area contributed by atoms with Crippen molar-refractivity contribution >= 4 is 23.6 Å². The lowest BCUT2D eigenvalue weighted by Crippen LogP contribution is -2.46. The lowest BCUT2D eigenvalue weighted by atomic mass is 10.1. The summed E-state index contributed by atoms with van der Waals surface area (Å²) in [6.45, 7) is 6.26. The molecule has 1 aliphatic rings. The van der Waals surface area contributed by atoms with Crippen LogP contribution in [0.1, 0.15) is 44.0 Å². The third-order valence-electron chi connectivity index (χ3n) is 3.80. The minimum absolute atomic E-state index is 0.00256. The van der Waals surface area contributed by atoms with Crippen molar-refractivity contribution in [1.29, 1.82) is 0 Å². The van der Waals surface area contributed by atoms with E-state index in [4.69, 9.17) is 4.74 Å². The molecule has 1 aliphatic heterocycles. The second-order valence-electron chi connectivity index (χ2n) is 6.31. The molecule has 0 radical (unpaired) electrons. The van der Waals surface area contributed by atoms with E-state index in [0.29, 0.717) is 12.4 Å². The summed E-state index contributed by atoms with van der Waals surface area (Å²) in [7, 11) is 0. The van der Waals surface area contributed by atoms with E-state index in [2.05, 4.69) is 0 Å². The van der Waals surface area contributed by atoms with Gasteiger partial charge in [-0.2, -0.15) is 0 Å². The van der Waals surface area contributed by atoms with Gasteiger partial charge in [0, 0.05) is 5.75 Å². The van der Waals surface area contributed by atoms with E-state index in [-0.39, 0.29) is 16.9 Å². The summed E-state index contributed by atoms with van der Waals surface area (Å²) < 4.78 is 19.3. The summed E-state index contributed by atoms with van der Waals surface area (Å²) in [6, 6.07) is 5.23. The average molecular weight is 353 g/mol. The highest BCUT2D eigenvalue weighted by molar-refractivity contribution is 8.00. The molecule has 1 heterocycles. The summed E-state index contributed by atoms with van der Waals surface area (Å²) in [5.74, 6) is -0.696. The van der Waals surface area contributed by atoms with Gasteiger partial charge >= 0.3 is 5.97 Å². The maximum atomic E-state index is 14.0. The van der Waals surface area contributed by atoms with Crippen molar-refractivity contribution in [2.75, 3.05) is 12.4 Å². The number of rotatable bonds is 6. The van der Waals surface area contributed by atoms with E-state index < -0.39 is 23.7 Å². The Labute approximate surface area is 146 Å². The van der Waals surface area contributed by atoms with Crippen molar-refractivity contribution in [3.63, 3.8) is 0 Å². The Hall–Kier alpha value is -1.56. The minimum Gasteiger partial charge on any atom is -0.464 e. The summed E-state index contributed by atoms with van der Waals surface area (Å²) in [5.41, 5.74) is 0.00256. The maximum absolute atomic E-state index is 14.0. The van der Waals surface area contributed by atoms with Gasteiger partial charge in [-0.1, -0.05) is 39.3 Å². The zero-order valence-corrected chi connectivity index (χ0v) is 15.1. The number of carbonyl (C=O) groups excluding carboxylic acids is 2. The van der Waals surface area contributed by atoms with E-state index in [1.807, 2.05) is 20.8 Å². The molecular formula is C18H24FNO3S. The van der Waals surface area contributed by atoms with Crippen LogP contribution < -0.4 is 0 Å². The molecule has 1 saturated heterocycles. The van der Waals surface area contributed by atoms with E-state index in [0.717, 1.165) is 12.8 Å². The van der Waals surface area contributed by atoms with Crippen LogP contribution in [0.15, 0.2) is 24.3 Å². The zero-order chi connectivity index (χ0) is 17.7. The molecule has 0 aliphatic carbocycles. The molecule has 0 bridgehead atoms. The van der Waals surface area contributed by atoms with Gasteiger partial charge in [0.1, 0.15) is 11.9 Å². The van der Waals surface area contributed by atoms with Gasteiger partial charge in [-0.25, -0.2) is 9.18 Å². The third kappa shape index (κ3) is 4.29. The molecule has 0 unspecified atom stereocenters. The number of ether oxygens (including phenoxy) is 1. The lowest BCUT2D eigenvalue weighted by Gasteiger charge is -2.28. The first-order chi connectivity index (χ1) is 11.5. The average Bonchev–Trinajstić information content (AvgIpc) is 2.96. The van der Waals surface area contributed by atoms with Gasteiger partial charge < -0.3 is 9.64 Å². The van der Waals surface area contributed by atoms with Crippen molar-refractivity contribution in [3.05, 3.63) is 35.6 Å². The maximum Gasteiger partial charge on any atom is 0.329 e. The third-order valence-corrected chi connectivity index (χ3v) is 5.15. The molecular weight excluding hydrogens is 329 g/mol. The standard InChI is InChI=1S/C18H24FNO3S/c1-4-7-16-20(17(21)13-8-5-6-9-14(13)19)15(11-24-16)18(22)23-10-12(2)3/h5-6,8-9,12,15-16H,4,7,10-11H2,1-3H3/t15-,16-/m0/s1. The fourth-order valence-electron chi connectivity index (χ4n) is 2.61. The second kappa shape index (κ2) is 8.51. The number of amides is 1. The molecule has 2 rings (SSSR count). The van der Waals surface area contributed by atoms with E-state index in [1.54, 1.807) is 23.9 Å². The summed E-state index contributed by atoms with van der Waals surface area (Å²) in [6.07, 6.45) is 1.64. The van der Waals surface area contributed by atoms with Crippen LogP contribution in [0.3, 0.4) is 0 Å². The number of hydrogen-bond donors (Lipinski definition) is 0. The highest BCUT2D eigenvalue weighted by atomic mass is 32.2. The van der Waals surface area contributed by atoms with Crippen LogP contribution in [0, 0.1) is 11.7 Å².